The number of benzene rings is 1. The predicted molar refractivity (Wildman–Crippen MR) is 73.7 cm³/mol. The summed E-state index contributed by atoms with van der Waals surface area (Å²) in [6.45, 7) is 1.55. The monoisotopic (exact) mass is 307 g/mol. The molecule has 1 aromatic heterocycles. The summed E-state index contributed by atoms with van der Waals surface area (Å²) in [5.41, 5.74) is 4.47. The Hall–Kier alpha value is -1.33. The van der Waals surface area contributed by atoms with E-state index in [0.717, 1.165) is 47.0 Å². The van der Waals surface area contributed by atoms with Crippen LogP contribution in [0.15, 0.2) is 22.9 Å². The van der Waals surface area contributed by atoms with E-state index in [0.29, 0.717) is 0 Å². The number of fused-ring (bicyclic) bond motifs is 1. The van der Waals surface area contributed by atoms with E-state index in [1.165, 1.54) is 5.56 Å². The Labute approximate surface area is 114 Å². The van der Waals surface area contributed by atoms with Crippen LogP contribution in [0, 0.1) is 0 Å². The van der Waals surface area contributed by atoms with Crippen LogP contribution in [-0.4, -0.2) is 23.6 Å². The van der Waals surface area contributed by atoms with Gasteiger partial charge in [0.2, 0.25) is 0 Å². The van der Waals surface area contributed by atoms with Gasteiger partial charge in [0.05, 0.1) is 18.0 Å². The average Bonchev–Trinajstić information content (AvgIpc) is 2.95. The Morgan fingerprint density at radius 1 is 1.50 bits per heavy atom. The van der Waals surface area contributed by atoms with E-state index in [9.17, 15) is 0 Å². The minimum atomic E-state index is 0.763. The van der Waals surface area contributed by atoms with Crippen molar-refractivity contribution in [2.75, 3.05) is 13.7 Å². The summed E-state index contributed by atoms with van der Waals surface area (Å²) in [5, 5.41) is 3.14. The number of nitrogens with one attached hydrogen (secondary N) is 2. The van der Waals surface area contributed by atoms with Gasteiger partial charge in [-0.3, -0.25) is 0 Å². The molecule has 1 aliphatic heterocycles. The van der Waals surface area contributed by atoms with Gasteiger partial charge < -0.3 is 15.0 Å². The summed E-state index contributed by atoms with van der Waals surface area (Å²) in [5.74, 6) is 1.00. The zero-order valence-electron chi connectivity index (χ0n) is 10.1. The molecule has 94 valence electrons. The number of aromatic nitrogens is 2. The molecule has 0 bridgehead atoms. The molecule has 4 nitrogen and oxygen atoms in total. The molecule has 1 aromatic carbocycles. The highest BCUT2D eigenvalue weighted by molar-refractivity contribution is 9.10. The van der Waals surface area contributed by atoms with Crippen LogP contribution >= 0.6 is 15.9 Å². The zero-order valence-corrected chi connectivity index (χ0v) is 11.7. The highest BCUT2D eigenvalue weighted by Gasteiger charge is 2.16. The van der Waals surface area contributed by atoms with Crippen LogP contribution in [0.25, 0.3) is 11.3 Å². The normalized spacial score (nSPS) is 13.4. The van der Waals surface area contributed by atoms with E-state index in [1.807, 2.05) is 13.1 Å². The summed E-state index contributed by atoms with van der Waals surface area (Å²) in [7, 11) is 1.93. The number of imidazole rings is 1. The maximum absolute atomic E-state index is 5.52. The highest BCUT2D eigenvalue weighted by Crippen LogP contribution is 2.31. The molecule has 0 amide bonds. The number of hydrogen-bond acceptors (Lipinski definition) is 3. The summed E-state index contributed by atoms with van der Waals surface area (Å²) < 4.78 is 6.29. The van der Waals surface area contributed by atoms with Crippen LogP contribution in [0.4, 0.5) is 0 Å². The molecule has 18 heavy (non-hydrogen) atoms. The fourth-order valence-electron chi connectivity index (χ4n) is 2.25. The van der Waals surface area contributed by atoms with Crippen molar-refractivity contribution in [2.24, 2.45) is 0 Å². The lowest BCUT2D eigenvalue weighted by atomic mass is 10.1. The molecule has 1 aliphatic rings. The fourth-order valence-corrected chi connectivity index (χ4v) is 2.67. The van der Waals surface area contributed by atoms with Crippen molar-refractivity contribution in [3.63, 3.8) is 0 Å². The number of hydrogen-bond donors (Lipinski definition) is 2. The van der Waals surface area contributed by atoms with Crippen molar-refractivity contribution in [3.8, 4) is 17.0 Å². The first-order valence-electron chi connectivity index (χ1n) is 5.93. The zero-order chi connectivity index (χ0) is 12.5. The first-order valence-corrected chi connectivity index (χ1v) is 6.72. The molecule has 2 N–H and O–H groups in total. The topological polar surface area (TPSA) is 49.9 Å². The van der Waals surface area contributed by atoms with Crippen molar-refractivity contribution in [2.45, 2.75) is 13.0 Å². The summed E-state index contributed by atoms with van der Waals surface area (Å²) in [6.07, 6.45) is 0.982. The Kier molecular flexibility index (Phi) is 3.09. The number of halogens is 1. The molecule has 0 saturated heterocycles. The van der Waals surface area contributed by atoms with Crippen molar-refractivity contribution < 1.29 is 4.74 Å². The Morgan fingerprint density at radius 2 is 2.39 bits per heavy atom. The standard InChI is InChI=1S/C13H14BrN3O/c1-15-7-10-12(17-13(14)16-10)9-2-3-11-8(6-9)4-5-18-11/h2-3,6,15H,4-5,7H2,1H3,(H,16,17). The third-order valence-corrected chi connectivity index (χ3v) is 3.44. The second kappa shape index (κ2) is 4.74. The first kappa shape index (κ1) is 11.7. The lowest BCUT2D eigenvalue weighted by Gasteiger charge is -2.04. The van der Waals surface area contributed by atoms with Gasteiger partial charge in [-0.15, -0.1) is 0 Å². The molecule has 0 saturated carbocycles. The molecule has 0 atom stereocenters. The van der Waals surface area contributed by atoms with Crippen molar-refractivity contribution in [3.05, 3.63) is 34.2 Å². The predicted octanol–water partition coefficient (Wildman–Crippen LogP) is 2.49. The van der Waals surface area contributed by atoms with E-state index in [-0.39, 0.29) is 0 Å². The second-order valence-electron chi connectivity index (χ2n) is 4.31. The molecule has 5 heteroatoms. The van der Waals surface area contributed by atoms with Crippen LogP contribution < -0.4 is 10.1 Å². The molecule has 0 fully saturated rings. The van der Waals surface area contributed by atoms with Crippen LogP contribution in [0.1, 0.15) is 11.3 Å². The maximum Gasteiger partial charge on any atom is 0.175 e. The Morgan fingerprint density at radius 3 is 3.22 bits per heavy atom. The smallest absolute Gasteiger partial charge is 0.175 e. The molecular formula is C13H14BrN3O. The third-order valence-electron chi connectivity index (χ3n) is 3.07. The number of rotatable bonds is 3. The fraction of sp³-hybridized carbons (Fsp3) is 0.308. The van der Waals surface area contributed by atoms with Crippen molar-refractivity contribution >= 4 is 15.9 Å². The van der Waals surface area contributed by atoms with Gasteiger partial charge in [0, 0.05) is 18.5 Å². The van der Waals surface area contributed by atoms with E-state index in [4.69, 9.17) is 4.74 Å². The van der Waals surface area contributed by atoms with Gasteiger partial charge in [-0.25, -0.2) is 4.98 Å². The van der Waals surface area contributed by atoms with Gasteiger partial charge in [0.25, 0.3) is 0 Å². The minimum Gasteiger partial charge on any atom is -0.493 e. The number of nitrogens with zero attached hydrogens (tertiary/aromatic N) is 1. The SMILES string of the molecule is CNCc1[nH]c(Br)nc1-c1ccc2c(c1)CCO2. The summed E-state index contributed by atoms with van der Waals surface area (Å²) >= 11 is 3.39. The van der Waals surface area contributed by atoms with Crippen LogP contribution in [0.2, 0.25) is 0 Å². The quantitative estimate of drug-likeness (QED) is 0.916. The molecule has 2 aromatic rings. The molecule has 2 heterocycles. The lowest BCUT2D eigenvalue weighted by Crippen LogP contribution is -2.06. The molecule has 0 aliphatic carbocycles. The van der Waals surface area contributed by atoms with Crippen molar-refractivity contribution in [1.29, 1.82) is 0 Å². The number of aromatic amines is 1. The van der Waals surface area contributed by atoms with Gasteiger partial charge >= 0.3 is 0 Å². The number of ether oxygens (including phenoxy) is 1. The lowest BCUT2D eigenvalue weighted by molar-refractivity contribution is 0.357. The number of H-pyrrole nitrogens is 1. The van der Waals surface area contributed by atoms with E-state index >= 15 is 0 Å². The van der Waals surface area contributed by atoms with Crippen molar-refractivity contribution in [1.82, 2.24) is 15.3 Å². The van der Waals surface area contributed by atoms with Gasteiger partial charge in [-0.05, 0) is 46.7 Å². The van der Waals surface area contributed by atoms with E-state index in [2.05, 4.69) is 43.3 Å². The minimum absolute atomic E-state index is 0.763. The summed E-state index contributed by atoms with van der Waals surface area (Å²) in [4.78, 5) is 7.73. The molecule has 0 unspecified atom stereocenters. The van der Waals surface area contributed by atoms with Gasteiger partial charge in [0.1, 0.15) is 5.75 Å². The maximum atomic E-state index is 5.52. The van der Waals surface area contributed by atoms with Gasteiger partial charge in [0.15, 0.2) is 4.73 Å². The first-order chi connectivity index (χ1) is 8.78. The van der Waals surface area contributed by atoms with E-state index < -0.39 is 0 Å². The summed E-state index contributed by atoms with van der Waals surface area (Å²) in [6, 6.07) is 6.26. The molecule has 0 spiro atoms. The second-order valence-corrected chi connectivity index (χ2v) is 5.06. The molecular weight excluding hydrogens is 294 g/mol. The van der Waals surface area contributed by atoms with Gasteiger partial charge in [-0.1, -0.05) is 0 Å². The van der Waals surface area contributed by atoms with Crippen LogP contribution in [0.3, 0.4) is 0 Å². The van der Waals surface area contributed by atoms with Crippen LogP contribution in [0.5, 0.6) is 5.75 Å². The van der Waals surface area contributed by atoms with Crippen LogP contribution in [-0.2, 0) is 13.0 Å². The highest BCUT2D eigenvalue weighted by atomic mass is 79.9. The van der Waals surface area contributed by atoms with E-state index in [1.54, 1.807) is 0 Å². The Balaban J connectivity index is 2.03. The largest absolute Gasteiger partial charge is 0.493 e. The molecule has 0 radical (unpaired) electrons. The molecule has 3 rings (SSSR count). The average molecular weight is 308 g/mol. The van der Waals surface area contributed by atoms with Gasteiger partial charge in [-0.2, -0.15) is 0 Å². The Bertz CT molecular complexity index is 580. The third kappa shape index (κ3) is 2.04.